The van der Waals surface area contributed by atoms with E-state index < -0.39 is 0 Å². The molecule has 3 heteroatoms. The highest BCUT2D eigenvalue weighted by atomic mass is 16.5. The molecule has 0 spiro atoms. The zero-order valence-corrected chi connectivity index (χ0v) is 10.3. The summed E-state index contributed by atoms with van der Waals surface area (Å²) in [5, 5.41) is 3.32. The number of aromatic nitrogens is 1. The van der Waals surface area contributed by atoms with Crippen molar-refractivity contribution < 1.29 is 4.74 Å². The summed E-state index contributed by atoms with van der Waals surface area (Å²) in [6, 6.07) is 2.09. The first-order chi connectivity index (χ1) is 7.86. The van der Waals surface area contributed by atoms with Crippen LogP contribution in [0.4, 0.5) is 0 Å². The third-order valence-corrected chi connectivity index (χ3v) is 2.31. The highest BCUT2D eigenvalue weighted by Crippen LogP contribution is 2.12. The van der Waals surface area contributed by atoms with Crippen LogP contribution in [-0.2, 0) is 6.42 Å². The Labute approximate surface area is 98.2 Å². The van der Waals surface area contributed by atoms with Crippen LogP contribution in [0.1, 0.15) is 32.3 Å². The summed E-state index contributed by atoms with van der Waals surface area (Å²) < 4.78 is 5.55. The van der Waals surface area contributed by atoms with E-state index in [0.29, 0.717) is 0 Å². The van der Waals surface area contributed by atoms with Gasteiger partial charge in [0.1, 0.15) is 5.75 Å². The smallest absolute Gasteiger partial charge is 0.137 e. The second-order valence-corrected chi connectivity index (χ2v) is 3.83. The molecule has 0 aliphatic heterocycles. The van der Waals surface area contributed by atoms with Crippen molar-refractivity contribution in [1.29, 1.82) is 0 Å². The fraction of sp³-hybridized carbons (Fsp3) is 0.615. The molecule has 1 aromatic rings. The molecule has 0 saturated heterocycles. The quantitative estimate of drug-likeness (QED) is 0.686. The van der Waals surface area contributed by atoms with Gasteiger partial charge in [-0.1, -0.05) is 13.8 Å². The SMILES string of the molecule is CCCOc1cncc(CCCNCC)c1. The van der Waals surface area contributed by atoms with E-state index in [1.54, 1.807) is 6.20 Å². The third kappa shape index (κ3) is 5.12. The number of pyridine rings is 1. The van der Waals surface area contributed by atoms with E-state index in [0.717, 1.165) is 44.7 Å². The summed E-state index contributed by atoms with van der Waals surface area (Å²) >= 11 is 0. The molecule has 16 heavy (non-hydrogen) atoms. The van der Waals surface area contributed by atoms with Crippen LogP contribution in [0.3, 0.4) is 0 Å². The van der Waals surface area contributed by atoms with Crippen molar-refractivity contribution in [2.45, 2.75) is 33.1 Å². The van der Waals surface area contributed by atoms with Gasteiger partial charge in [-0.15, -0.1) is 0 Å². The highest BCUT2D eigenvalue weighted by Gasteiger charge is 1.97. The van der Waals surface area contributed by atoms with Gasteiger partial charge in [0.05, 0.1) is 12.8 Å². The van der Waals surface area contributed by atoms with Crippen molar-refractivity contribution in [1.82, 2.24) is 10.3 Å². The minimum absolute atomic E-state index is 0.766. The van der Waals surface area contributed by atoms with Crippen LogP contribution in [0.2, 0.25) is 0 Å². The van der Waals surface area contributed by atoms with Crippen LogP contribution < -0.4 is 10.1 Å². The van der Waals surface area contributed by atoms with Crippen LogP contribution in [0.25, 0.3) is 0 Å². The Hall–Kier alpha value is -1.09. The molecule has 90 valence electrons. The normalized spacial score (nSPS) is 10.4. The van der Waals surface area contributed by atoms with Crippen LogP contribution in [0.5, 0.6) is 5.75 Å². The number of nitrogens with zero attached hydrogens (tertiary/aromatic N) is 1. The molecule has 0 aromatic carbocycles. The van der Waals surface area contributed by atoms with E-state index in [9.17, 15) is 0 Å². The average molecular weight is 222 g/mol. The van der Waals surface area contributed by atoms with Gasteiger partial charge in [0, 0.05) is 6.20 Å². The number of nitrogens with one attached hydrogen (secondary N) is 1. The van der Waals surface area contributed by atoms with E-state index in [-0.39, 0.29) is 0 Å². The van der Waals surface area contributed by atoms with Crippen molar-refractivity contribution >= 4 is 0 Å². The Morgan fingerprint density at radius 3 is 2.94 bits per heavy atom. The van der Waals surface area contributed by atoms with Crippen molar-refractivity contribution in [2.24, 2.45) is 0 Å². The fourth-order valence-electron chi connectivity index (χ4n) is 1.49. The Morgan fingerprint density at radius 2 is 2.19 bits per heavy atom. The topological polar surface area (TPSA) is 34.1 Å². The molecular weight excluding hydrogens is 200 g/mol. The van der Waals surface area contributed by atoms with Gasteiger partial charge in [0.25, 0.3) is 0 Å². The zero-order valence-electron chi connectivity index (χ0n) is 10.3. The molecule has 0 radical (unpaired) electrons. The molecule has 0 atom stereocenters. The lowest BCUT2D eigenvalue weighted by Crippen LogP contribution is -2.14. The largest absolute Gasteiger partial charge is 0.492 e. The molecule has 1 rings (SSSR count). The van der Waals surface area contributed by atoms with E-state index >= 15 is 0 Å². The van der Waals surface area contributed by atoms with E-state index in [2.05, 4.69) is 30.2 Å². The molecule has 0 aliphatic rings. The Morgan fingerprint density at radius 1 is 1.31 bits per heavy atom. The molecule has 0 bridgehead atoms. The lowest BCUT2D eigenvalue weighted by molar-refractivity contribution is 0.316. The second kappa shape index (κ2) is 8.11. The first kappa shape index (κ1) is 13.0. The predicted octanol–water partition coefficient (Wildman–Crippen LogP) is 2.41. The number of hydrogen-bond acceptors (Lipinski definition) is 3. The molecule has 1 aromatic heterocycles. The van der Waals surface area contributed by atoms with Crippen molar-refractivity contribution in [3.8, 4) is 5.75 Å². The molecule has 1 N–H and O–H groups in total. The Bertz CT molecular complexity index is 289. The summed E-state index contributed by atoms with van der Waals surface area (Å²) in [5.41, 5.74) is 1.26. The van der Waals surface area contributed by atoms with Gasteiger partial charge < -0.3 is 10.1 Å². The van der Waals surface area contributed by atoms with Gasteiger partial charge in [-0.3, -0.25) is 4.98 Å². The summed E-state index contributed by atoms with van der Waals surface area (Å²) in [5.74, 6) is 0.891. The van der Waals surface area contributed by atoms with Gasteiger partial charge in [-0.25, -0.2) is 0 Å². The van der Waals surface area contributed by atoms with Crippen molar-refractivity contribution in [3.05, 3.63) is 24.0 Å². The Kier molecular flexibility index (Phi) is 6.58. The van der Waals surface area contributed by atoms with Gasteiger partial charge in [-0.2, -0.15) is 0 Å². The van der Waals surface area contributed by atoms with E-state index in [1.165, 1.54) is 5.56 Å². The summed E-state index contributed by atoms with van der Waals surface area (Å²) in [7, 11) is 0. The number of rotatable bonds is 8. The van der Waals surface area contributed by atoms with Crippen LogP contribution >= 0.6 is 0 Å². The molecule has 0 fully saturated rings. The lowest BCUT2D eigenvalue weighted by Gasteiger charge is -2.06. The monoisotopic (exact) mass is 222 g/mol. The summed E-state index contributed by atoms with van der Waals surface area (Å²) in [6.07, 6.45) is 6.94. The molecule has 0 unspecified atom stereocenters. The van der Waals surface area contributed by atoms with Crippen molar-refractivity contribution in [3.63, 3.8) is 0 Å². The van der Waals surface area contributed by atoms with Crippen molar-refractivity contribution in [2.75, 3.05) is 19.7 Å². The molecule has 3 nitrogen and oxygen atoms in total. The van der Waals surface area contributed by atoms with Gasteiger partial charge in [0.15, 0.2) is 0 Å². The first-order valence-corrected chi connectivity index (χ1v) is 6.14. The van der Waals surface area contributed by atoms with Gasteiger partial charge in [-0.05, 0) is 44.0 Å². The molecule has 1 heterocycles. The highest BCUT2D eigenvalue weighted by molar-refractivity contribution is 5.23. The van der Waals surface area contributed by atoms with Gasteiger partial charge >= 0.3 is 0 Å². The first-order valence-electron chi connectivity index (χ1n) is 6.14. The van der Waals surface area contributed by atoms with Crippen LogP contribution in [0.15, 0.2) is 18.5 Å². The lowest BCUT2D eigenvalue weighted by atomic mass is 10.1. The predicted molar refractivity (Wildman–Crippen MR) is 66.9 cm³/mol. The maximum atomic E-state index is 5.55. The second-order valence-electron chi connectivity index (χ2n) is 3.83. The molecule has 0 aliphatic carbocycles. The van der Waals surface area contributed by atoms with E-state index in [4.69, 9.17) is 4.74 Å². The average Bonchev–Trinajstić information content (AvgIpc) is 2.33. The summed E-state index contributed by atoms with van der Waals surface area (Å²) in [6.45, 7) is 7.10. The molecule has 0 saturated carbocycles. The molecule has 0 amide bonds. The standard InChI is InChI=1S/C13H22N2O/c1-3-8-16-13-9-12(10-15-11-13)6-5-7-14-4-2/h9-11,14H,3-8H2,1-2H3. The van der Waals surface area contributed by atoms with Gasteiger partial charge in [0.2, 0.25) is 0 Å². The van der Waals surface area contributed by atoms with Crippen LogP contribution in [0, 0.1) is 0 Å². The summed E-state index contributed by atoms with van der Waals surface area (Å²) in [4.78, 5) is 4.19. The number of ether oxygens (including phenoxy) is 1. The fourth-order valence-corrected chi connectivity index (χ4v) is 1.49. The maximum Gasteiger partial charge on any atom is 0.137 e. The minimum Gasteiger partial charge on any atom is -0.492 e. The number of hydrogen-bond donors (Lipinski definition) is 1. The molecular formula is C13H22N2O. The number of aryl methyl sites for hydroxylation is 1. The van der Waals surface area contributed by atoms with Crippen LogP contribution in [-0.4, -0.2) is 24.7 Å². The maximum absolute atomic E-state index is 5.55. The zero-order chi connectivity index (χ0) is 11.6. The minimum atomic E-state index is 0.766. The van der Waals surface area contributed by atoms with E-state index in [1.807, 2.05) is 6.20 Å². The Balaban J connectivity index is 2.35. The third-order valence-electron chi connectivity index (χ3n) is 2.31.